The molecule has 0 saturated heterocycles. The van der Waals surface area contributed by atoms with Crippen LogP contribution in [-0.4, -0.2) is 9.38 Å². The van der Waals surface area contributed by atoms with Gasteiger partial charge in [-0.05, 0) is 19.1 Å². The molecule has 2 heterocycles. The van der Waals surface area contributed by atoms with E-state index in [9.17, 15) is 4.39 Å². The molecule has 2 aromatic rings. The van der Waals surface area contributed by atoms with Crippen molar-refractivity contribution in [3.05, 3.63) is 35.7 Å². The molecule has 0 unspecified atom stereocenters. The summed E-state index contributed by atoms with van der Waals surface area (Å²) in [5, 5.41) is 0. The van der Waals surface area contributed by atoms with Crippen LogP contribution in [0.2, 0.25) is 0 Å². The van der Waals surface area contributed by atoms with Crippen molar-refractivity contribution in [3.8, 4) is 0 Å². The van der Waals surface area contributed by atoms with E-state index in [-0.39, 0.29) is 5.82 Å². The van der Waals surface area contributed by atoms with Gasteiger partial charge in [-0.15, -0.1) is 0 Å². The molecule has 0 fully saturated rings. The van der Waals surface area contributed by atoms with Crippen molar-refractivity contribution in [2.75, 3.05) is 0 Å². The zero-order chi connectivity index (χ0) is 9.42. The Morgan fingerprint density at radius 3 is 3.08 bits per heavy atom. The number of fused-ring (bicyclic) bond motifs is 1. The summed E-state index contributed by atoms with van der Waals surface area (Å²) in [5.74, 6) is 0.430. The highest BCUT2D eigenvalue weighted by atomic mass is 19.1. The van der Waals surface area contributed by atoms with Crippen LogP contribution in [0.15, 0.2) is 18.3 Å². The third-order valence-corrected chi connectivity index (χ3v) is 2.04. The summed E-state index contributed by atoms with van der Waals surface area (Å²) in [5.41, 5.74) is 6.67. The standard InChI is InChI=1S/C9H10FN3/c1-6-9-7(10)3-2-4-13(9)8(5-11)12-6/h2-4H,5,11H2,1H3. The van der Waals surface area contributed by atoms with E-state index in [0.29, 0.717) is 23.6 Å². The number of nitrogens with two attached hydrogens (primary N) is 1. The second kappa shape index (κ2) is 2.81. The topological polar surface area (TPSA) is 43.3 Å². The highest BCUT2D eigenvalue weighted by molar-refractivity contribution is 5.53. The van der Waals surface area contributed by atoms with Crippen molar-refractivity contribution < 1.29 is 4.39 Å². The molecule has 0 bridgehead atoms. The molecular weight excluding hydrogens is 169 g/mol. The average molecular weight is 179 g/mol. The highest BCUT2D eigenvalue weighted by Gasteiger charge is 2.09. The summed E-state index contributed by atoms with van der Waals surface area (Å²) in [7, 11) is 0. The number of aryl methyl sites for hydroxylation is 1. The molecule has 3 nitrogen and oxygen atoms in total. The lowest BCUT2D eigenvalue weighted by Gasteiger charge is -1.97. The van der Waals surface area contributed by atoms with Crippen LogP contribution in [-0.2, 0) is 6.54 Å². The van der Waals surface area contributed by atoms with Crippen LogP contribution in [0.4, 0.5) is 4.39 Å². The number of aromatic nitrogens is 2. The molecule has 0 aliphatic carbocycles. The maximum atomic E-state index is 13.3. The molecule has 0 saturated carbocycles. The Bertz CT molecular complexity index is 447. The van der Waals surface area contributed by atoms with Gasteiger partial charge in [0, 0.05) is 6.20 Å². The van der Waals surface area contributed by atoms with Gasteiger partial charge in [0.2, 0.25) is 0 Å². The molecular formula is C9H10FN3. The van der Waals surface area contributed by atoms with Gasteiger partial charge in [0.1, 0.15) is 17.2 Å². The van der Waals surface area contributed by atoms with Crippen molar-refractivity contribution in [3.63, 3.8) is 0 Å². The highest BCUT2D eigenvalue weighted by Crippen LogP contribution is 2.15. The summed E-state index contributed by atoms with van der Waals surface area (Å²) >= 11 is 0. The second-order valence-electron chi connectivity index (χ2n) is 2.89. The minimum absolute atomic E-state index is 0.257. The lowest BCUT2D eigenvalue weighted by molar-refractivity contribution is 0.631. The molecule has 2 aromatic heterocycles. The first-order valence-electron chi connectivity index (χ1n) is 4.06. The summed E-state index contributed by atoms with van der Waals surface area (Å²) < 4.78 is 15.0. The van der Waals surface area contributed by atoms with Gasteiger partial charge in [-0.1, -0.05) is 0 Å². The van der Waals surface area contributed by atoms with E-state index < -0.39 is 0 Å². The third kappa shape index (κ3) is 1.10. The predicted octanol–water partition coefficient (Wildman–Crippen LogP) is 1.24. The minimum Gasteiger partial charge on any atom is -0.324 e. The Kier molecular flexibility index (Phi) is 1.77. The number of pyridine rings is 1. The van der Waals surface area contributed by atoms with Crippen LogP contribution in [0.1, 0.15) is 11.5 Å². The summed E-state index contributed by atoms with van der Waals surface area (Å²) in [4.78, 5) is 4.17. The fraction of sp³-hybridized carbons (Fsp3) is 0.222. The molecule has 0 atom stereocenters. The fourth-order valence-electron chi connectivity index (χ4n) is 1.49. The van der Waals surface area contributed by atoms with Gasteiger partial charge in [-0.3, -0.25) is 4.40 Å². The van der Waals surface area contributed by atoms with E-state index in [1.54, 1.807) is 23.6 Å². The first-order valence-corrected chi connectivity index (χ1v) is 4.06. The number of hydrogen-bond acceptors (Lipinski definition) is 2. The Hall–Kier alpha value is -1.42. The van der Waals surface area contributed by atoms with Gasteiger partial charge in [0.05, 0.1) is 12.2 Å². The second-order valence-corrected chi connectivity index (χ2v) is 2.89. The van der Waals surface area contributed by atoms with E-state index in [1.165, 1.54) is 6.07 Å². The van der Waals surface area contributed by atoms with Gasteiger partial charge in [0.25, 0.3) is 0 Å². The van der Waals surface area contributed by atoms with E-state index >= 15 is 0 Å². The molecule has 4 heteroatoms. The van der Waals surface area contributed by atoms with Crippen molar-refractivity contribution in [1.82, 2.24) is 9.38 Å². The predicted molar refractivity (Wildman–Crippen MR) is 47.8 cm³/mol. The zero-order valence-electron chi connectivity index (χ0n) is 7.29. The van der Waals surface area contributed by atoms with Gasteiger partial charge >= 0.3 is 0 Å². The molecule has 68 valence electrons. The number of imidazole rings is 1. The lowest BCUT2D eigenvalue weighted by atomic mass is 10.3. The SMILES string of the molecule is Cc1nc(CN)n2cccc(F)c12. The summed E-state index contributed by atoms with van der Waals surface area (Å²) in [6, 6.07) is 3.06. The number of nitrogens with zero attached hydrogens (tertiary/aromatic N) is 2. The number of hydrogen-bond donors (Lipinski definition) is 1. The number of rotatable bonds is 1. The van der Waals surface area contributed by atoms with Crippen LogP contribution in [0.3, 0.4) is 0 Å². The molecule has 2 rings (SSSR count). The Morgan fingerprint density at radius 2 is 2.38 bits per heavy atom. The summed E-state index contributed by atoms with van der Waals surface area (Å²) in [6.07, 6.45) is 1.76. The van der Waals surface area contributed by atoms with Crippen LogP contribution in [0.5, 0.6) is 0 Å². The van der Waals surface area contributed by atoms with E-state index in [2.05, 4.69) is 4.98 Å². The van der Waals surface area contributed by atoms with E-state index in [0.717, 1.165) is 0 Å². The third-order valence-electron chi connectivity index (χ3n) is 2.04. The minimum atomic E-state index is -0.257. The van der Waals surface area contributed by atoms with Gasteiger partial charge in [-0.25, -0.2) is 9.37 Å². The maximum Gasteiger partial charge on any atom is 0.149 e. The maximum absolute atomic E-state index is 13.3. The number of halogens is 1. The molecule has 0 amide bonds. The Balaban J connectivity index is 2.87. The van der Waals surface area contributed by atoms with Gasteiger partial charge in [0.15, 0.2) is 0 Å². The molecule has 0 spiro atoms. The van der Waals surface area contributed by atoms with Crippen LogP contribution in [0, 0.1) is 12.7 Å². The molecule has 13 heavy (non-hydrogen) atoms. The van der Waals surface area contributed by atoms with Crippen LogP contribution in [0.25, 0.3) is 5.52 Å². The first kappa shape index (κ1) is 8.19. The van der Waals surface area contributed by atoms with Crippen molar-refractivity contribution >= 4 is 5.52 Å². The van der Waals surface area contributed by atoms with Gasteiger partial charge < -0.3 is 5.73 Å². The monoisotopic (exact) mass is 179 g/mol. The zero-order valence-corrected chi connectivity index (χ0v) is 7.29. The quantitative estimate of drug-likeness (QED) is 0.715. The molecule has 0 radical (unpaired) electrons. The van der Waals surface area contributed by atoms with Crippen molar-refractivity contribution in [2.24, 2.45) is 5.73 Å². The fourth-order valence-corrected chi connectivity index (χ4v) is 1.49. The molecule has 0 aliphatic rings. The molecule has 0 aliphatic heterocycles. The average Bonchev–Trinajstić information content (AvgIpc) is 2.44. The van der Waals surface area contributed by atoms with Gasteiger partial charge in [-0.2, -0.15) is 0 Å². The lowest BCUT2D eigenvalue weighted by Crippen LogP contribution is -2.02. The van der Waals surface area contributed by atoms with E-state index in [1.807, 2.05) is 0 Å². The Labute approximate surface area is 75.0 Å². The van der Waals surface area contributed by atoms with Crippen molar-refractivity contribution in [1.29, 1.82) is 0 Å². The first-order chi connectivity index (χ1) is 6.24. The van der Waals surface area contributed by atoms with Crippen LogP contribution >= 0.6 is 0 Å². The smallest absolute Gasteiger partial charge is 0.149 e. The largest absolute Gasteiger partial charge is 0.324 e. The van der Waals surface area contributed by atoms with Crippen molar-refractivity contribution in [2.45, 2.75) is 13.5 Å². The Morgan fingerprint density at radius 1 is 1.62 bits per heavy atom. The van der Waals surface area contributed by atoms with Crippen LogP contribution < -0.4 is 5.73 Å². The molecule has 2 N–H and O–H groups in total. The van der Waals surface area contributed by atoms with E-state index in [4.69, 9.17) is 5.73 Å². The normalized spacial score (nSPS) is 11.0. The summed E-state index contributed by atoms with van der Waals surface area (Å²) in [6.45, 7) is 2.09. The molecule has 0 aromatic carbocycles.